The highest BCUT2D eigenvalue weighted by Gasteiger charge is 2.38. The number of rotatable bonds is 6. The predicted octanol–water partition coefficient (Wildman–Crippen LogP) is 1.83. The Labute approximate surface area is 153 Å². The van der Waals surface area contributed by atoms with E-state index in [1.807, 2.05) is 20.8 Å². The van der Waals surface area contributed by atoms with Crippen molar-refractivity contribution in [3.63, 3.8) is 0 Å². The zero-order valence-electron chi connectivity index (χ0n) is 15.4. The van der Waals surface area contributed by atoms with Gasteiger partial charge in [-0.15, -0.1) is 0 Å². The van der Waals surface area contributed by atoms with E-state index in [0.29, 0.717) is 30.7 Å². The molecule has 1 heterocycles. The van der Waals surface area contributed by atoms with Crippen LogP contribution in [0.2, 0.25) is 0 Å². The van der Waals surface area contributed by atoms with Crippen molar-refractivity contribution in [3.05, 3.63) is 35.4 Å². The van der Waals surface area contributed by atoms with Crippen molar-refractivity contribution in [2.75, 3.05) is 19.8 Å². The fourth-order valence-corrected chi connectivity index (χ4v) is 2.71. The van der Waals surface area contributed by atoms with Crippen LogP contribution < -0.4 is 10.6 Å². The highest BCUT2D eigenvalue weighted by atomic mass is 16.5. The normalized spacial score (nSPS) is 19.8. The van der Waals surface area contributed by atoms with Crippen molar-refractivity contribution in [3.8, 4) is 0 Å². The van der Waals surface area contributed by atoms with E-state index < -0.39 is 11.5 Å². The SMILES string of the molecule is CC(C)(C)CNC(=O)c1ccc(C(=O)NC2(CC(=O)O)CCOC2)cc1. The second-order valence-electron chi connectivity index (χ2n) is 7.93. The molecule has 1 saturated heterocycles. The average Bonchev–Trinajstić information content (AvgIpc) is 2.99. The first-order chi connectivity index (χ1) is 12.1. The van der Waals surface area contributed by atoms with Crippen LogP contribution in [0.4, 0.5) is 0 Å². The van der Waals surface area contributed by atoms with Gasteiger partial charge in [0.25, 0.3) is 11.8 Å². The summed E-state index contributed by atoms with van der Waals surface area (Å²) >= 11 is 0. The monoisotopic (exact) mass is 362 g/mol. The number of carbonyl (C=O) groups excluding carboxylic acids is 2. The molecule has 0 spiro atoms. The highest BCUT2D eigenvalue weighted by molar-refractivity contribution is 5.98. The van der Waals surface area contributed by atoms with Gasteiger partial charge in [-0.3, -0.25) is 14.4 Å². The zero-order chi connectivity index (χ0) is 19.4. The van der Waals surface area contributed by atoms with E-state index in [2.05, 4.69) is 10.6 Å². The molecule has 2 rings (SSSR count). The summed E-state index contributed by atoms with van der Waals surface area (Å²) in [6, 6.07) is 6.29. The molecule has 142 valence electrons. The van der Waals surface area contributed by atoms with E-state index in [9.17, 15) is 14.4 Å². The third kappa shape index (κ3) is 5.56. The third-order valence-electron chi connectivity index (χ3n) is 4.16. The summed E-state index contributed by atoms with van der Waals surface area (Å²) in [6.07, 6.45) is 0.268. The van der Waals surface area contributed by atoms with Crippen LogP contribution in [0.5, 0.6) is 0 Å². The van der Waals surface area contributed by atoms with Crippen LogP contribution in [0.1, 0.15) is 54.3 Å². The van der Waals surface area contributed by atoms with Gasteiger partial charge in [-0.25, -0.2) is 0 Å². The van der Waals surface area contributed by atoms with Gasteiger partial charge >= 0.3 is 5.97 Å². The van der Waals surface area contributed by atoms with Crippen LogP contribution >= 0.6 is 0 Å². The Hall–Kier alpha value is -2.41. The summed E-state index contributed by atoms with van der Waals surface area (Å²) in [6.45, 7) is 7.23. The van der Waals surface area contributed by atoms with Crippen molar-refractivity contribution in [2.45, 2.75) is 39.2 Å². The van der Waals surface area contributed by atoms with Gasteiger partial charge in [0.1, 0.15) is 0 Å². The maximum atomic E-state index is 12.5. The van der Waals surface area contributed by atoms with Crippen LogP contribution in [-0.2, 0) is 9.53 Å². The Morgan fingerprint density at radius 1 is 1.12 bits per heavy atom. The molecule has 0 aromatic heterocycles. The molecule has 1 aliphatic heterocycles. The van der Waals surface area contributed by atoms with E-state index in [0.717, 1.165) is 0 Å². The molecular weight excluding hydrogens is 336 g/mol. The number of aliphatic carboxylic acids is 1. The standard InChI is InChI=1S/C19H26N2O5/c1-18(2,3)11-20-16(24)13-4-6-14(7-5-13)17(25)21-19(10-15(22)23)8-9-26-12-19/h4-7H,8-12H2,1-3H3,(H,20,24)(H,21,25)(H,22,23). The third-order valence-corrected chi connectivity index (χ3v) is 4.16. The molecule has 1 aliphatic rings. The summed E-state index contributed by atoms with van der Waals surface area (Å²) in [5.41, 5.74) is -0.0625. The van der Waals surface area contributed by atoms with Crippen LogP contribution in [0.3, 0.4) is 0 Å². The van der Waals surface area contributed by atoms with Gasteiger partial charge in [-0.2, -0.15) is 0 Å². The number of hydrogen-bond acceptors (Lipinski definition) is 4. The molecule has 0 radical (unpaired) electrons. The summed E-state index contributed by atoms with van der Waals surface area (Å²) in [5, 5.41) is 14.7. The molecule has 0 saturated carbocycles. The molecule has 3 N–H and O–H groups in total. The Morgan fingerprint density at radius 2 is 1.69 bits per heavy atom. The van der Waals surface area contributed by atoms with Gasteiger partial charge in [0, 0.05) is 24.3 Å². The maximum Gasteiger partial charge on any atom is 0.305 e. The molecule has 26 heavy (non-hydrogen) atoms. The Morgan fingerprint density at radius 3 is 2.15 bits per heavy atom. The molecular formula is C19H26N2O5. The van der Waals surface area contributed by atoms with Crippen LogP contribution in [0, 0.1) is 5.41 Å². The molecule has 0 aliphatic carbocycles. The molecule has 1 atom stereocenters. The second-order valence-corrected chi connectivity index (χ2v) is 7.93. The maximum absolute atomic E-state index is 12.5. The largest absolute Gasteiger partial charge is 0.481 e. The Bertz CT molecular complexity index is 670. The number of amides is 2. The van der Waals surface area contributed by atoms with Crippen LogP contribution in [0.15, 0.2) is 24.3 Å². The minimum Gasteiger partial charge on any atom is -0.481 e. The van der Waals surface area contributed by atoms with Gasteiger partial charge in [0.2, 0.25) is 0 Å². The number of nitrogens with one attached hydrogen (secondary N) is 2. The number of ether oxygens (including phenoxy) is 1. The van der Waals surface area contributed by atoms with Crippen molar-refractivity contribution in [1.29, 1.82) is 0 Å². The lowest BCUT2D eigenvalue weighted by Gasteiger charge is -2.27. The summed E-state index contributed by atoms with van der Waals surface area (Å²) < 4.78 is 5.27. The van der Waals surface area contributed by atoms with E-state index in [1.54, 1.807) is 24.3 Å². The van der Waals surface area contributed by atoms with Crippen LogP contribution in [-0.4, -0.2) is 48.2 Å². The number of carboxylic acid groups (broad SMARTS) is 1. The van der Waals surface area contributed by atoms with E-state index in [1.165, 1.54) is 0 Å². The molecule has 0 bridgehead atoms. The van der Waals surface area contributed by atoms with Crippen LogP contribution in [0.25, 0.3) is 0 Å². The average molecular weight is 362 g/mol. The smallest absolute Gasteiger partial charge is 0.305 e. The molecule has 1 aromatic carbocycles. The van der Waals surface area contributed by atoms with Gasteiger partial charge < -0.3 is 20.5 Å². The lowest BCUT2D eigenvalue weighted by Crippen LogP contribution is -2.50. The van der Waals surface area contributed by atoms with E-state index in [4.69, 9.17) is 9.84 Å². The van der Waals surface area contributed by atoms with Crippen molar-refractivity contribution >= 4 is 17.8 Å². The minimum absolute atomic E-state index is 0.0166. The summed E-state index contributed by atoms with van der Waals surface area (Å²) in [4.78, 5) is 35.7. The van der Waals surface area contributed by atoms with E-state index in [-0.39, 0.29) is 30.3 Å². The van der Waals surface area contributed by atoms with Gasteiger partial charge in [-0.05, 0) is 36.1 Å². The number of carboxylic acids is 1. The molecule has 2 amide bonds. The fourth-order valence-electron chi connectivity index (χ4n) is 2.71. The molecule has 7 nitrogen and oxygen atoms in total. The topological polar surface area (TPSA) is 105 Å². The minimum atomic E-state index is -0.985. The first-order valence-electron chi connectivity index (χ1n) is 8.61. The van der Waals surface area contributed by atoms with Crippen molar-refractivity contribution < 1.29 is 24.2 Å². The zero-order valence-corrected chi connectivity index (χ0v) is 15.4. The second kappa shape index (κ2) is 7.86. The predicted molar refractivity (Wildman–Crippen MR) is 96.1 cm³/mol. The number of hydrogen-bond donors (Lipinski definition) is 3. The molecule has 1 fully saturated rings. The van der Waals surface area contributed by atoms with Gasteiger partial charge in [-0.1, -0.05) is 20.8 Å². The molecule has 1 unspecified atom stereocenters. The fraction of sp³-hybridized carbons (Fsp3) is 0.526. The summed E-state index contributed by atoms with van der Waals surface area (Å²) in [5.74, 6) is -1.56. The lowest BCUT2D eigenvalue weighted by atomic mass is 9.93. The number of carbonyl (C=O) groups is 3. The quantitative estimate of drug-likeness (QED) is 0.716. The first kappa shape index (κ1) is 19.9. The first-order valence-corrected chi connectivity index (χ1v) is 8.61. The Kier molecular flexibility index (Phi) is 6.02. The lowest BCUT2D eigenvalue weighted by molar-refractivity contribution is -0.138. The Balaban J connectivity index is 2.02. The van der Waals surface area contributed by atoms with Crippen molar-refractivity contribution in [1.82, 2.24) is 10.6 Å². The van der Waals surface area contributed by atoms with Gasteiger partial charge in [0.05, 0.1) is 18.6 Å². The van der Waals surface area contributed by atoms with Gasteiger partial charge in [0.15, 0.2) is 0 Å². The highest BCUT2D eigenvalue weighted by Crippen LogP contribution is 2.23. The summed E-state index contributed by atoms with van der Waals surface area (Å²) in [7, 11) is 0. The molecule has 7 heteroatoms. The number of benzene rings is 1. The molecule has 1 aromatic rings. The van der Waals surface area contributed by atoms with E-state index >= 15 is 0 Å². The van der Waals surface area contributed by atoms with Crippen molar-refractivity contribution in [2.24, 2.45) is 5.41 Å².